The van der Waals surface area contributed by atoms with Crippen LogP contribution in [-0.4, -0.2) is 4.98 Å². The highest BCUT2D eigenvalue weighted by Crippen LogP contribution is 2.27. The predicted molar refractivity (Wildman–Crippen MR) is 76.9 cm³/mol. The van der Waals surface area contributed by atoms with Gasteiger partial charge in [0.25, 0.3) is 0 Å². The largest absolute Gasteiger partial charge is 0.245 e. The first-order valence-electron chi connectivity index (χ1n) is 5.70. The Balaban J connectivity index is 2.00. The molecule has 0 amide bonds. The summed E-state index contributed by atoms with van der Waals surface area (Å²) >= 11 is 3.44. The minimum atomic E-state index is 0.471. The number of hydrogen-bond donors (Lipinski definition) is 0. The number of nitriles is 1. The maximum absolute atomic E-state index is 8.71. The molecule has 0 atom stereocenters. The van der Waals surface area contributed by atoms with E-state index in [0.717, 1.165) is 21.3 Å². The van der Waals surface area contributed by atoms with Crippen LogP contribution >= 0.6 is 23.1 Å². The highest BCUT2D eigenvalue weighted by Gasteiger charge is 2.07. The molecule has 2 aromatic rings. The fourth-order valence-corrected chi connectivity index (χ4v) is 3.46. The van der Waals surface area contributed by atoms with Crippen molar-refractivity contribution >= 4 is 23.1 Å². The predicted octanol–water partition coefficient (Wildman–Crippen LogP) is 4.12. The van der Waals surface area contributed by atoms with Gasteiger partial charge in [0.1, 0.15) is 5.01 Å². The number of thiazole rings is 1. The molecule has 1 heterocycles. The van der Waals surface area contributed by atoms with E-state index < -0.39 is 0 Å². The van der Waals surface area contributed by atoms with Crippen LogP contribution in [-0.2, 0) is 12.2 Å². The van der Waals surface area contributed by atoms with Crippen LogP contribution in [0.25, 0.3) is 0 Å². The minimum absolute atomic E-state index is 0.471. The molecule has 0 unspecified atom stereocenters. The van der Waals surface area contributed by atoms with Crippen molar-refractivity contribution in [2.45, 2.75) is 30.9 Å². The van der Waals surface area contributed by atoms with Crippen molar-refractivity contribution in [3.05, 3.63) is 45.4 Å². The molecule has 0 spiro atoms. The van der Waals surface area contributed by atoms with Crippen LogP contribution in [0.5, 0.6) is 0 Å². The van der Waals surface area contributed by atoms with E-state index in [0.29, 0.717) is 6.42 Å². The van der Waals surface area contributed by atoms with E-state index >= 15 is 0 Å². The summed E-state index contributed by atoms with van der Waals surface area (Å²) in [5, 5.41) is 9.81. The average Bonchev–Trinajstić information content (AvgIpc) is 2.70. The Morgan fingerprint density at radius 3 is 2.67 bits per heavy atom. The van der Waals surface area contributed by atoms with E-state index in [2.05, 4.69) is 42.2 Å². The summed E-state index contributed by atoms with van der Waals surface area (Å²) < 4.78 is 0. The minimum Gasteiger partial charge on any atom is -0.245 e. The Morgan fingerprint density at radius 2 is 2.00 bits per heavy atom. The number of aryl methyl sites for hydroxylation is 2. The van der Waals surface area contributed by atoms with Gasteiger partial charge in [-0.05, 0) is 26.0 Å². The molecule has 0 N–H and O–H groups in total. The number of nitrogens with zero attached hydrogens (tertiary/aromatic N) is 2. The second kappa shape index (κ2) is 6.03. The number of rotatable bonds is 4. The van der Waals surface area contributed by atoms with Gasteiger partial charge in [0.2, 0.25) is 0 Å². The molecule has 92 valence electrons. The van der Waals surface area contributed by atoms with Crippen LogP contribution in [0.3, 0.4) is 0 Å². The molecule has 0 radical (unpaired) electrons. The zero-order valence-electron chi connectivity index (χ0n) is 10.4. The fraction of sp³-hybridized carbons (Fsp3) is 0.286. The maximum Gasteiger partial charge on any atom is 0.103 e. The lowest BCUT2D eigenvalue weighted by Gasteiger charge is -1.99. The lowest BCUT2D eigenvalue weighted by atomic mass is 10.2. The smallest absolute Gasteiger partial charge is 0.103 e. The van der Waals surface area contributed by atoms with Crippen molar-refractivity contribution in [2.75, 3.05) is 0 Å². The normalized spacial score (nSPS) is 10.3. The van der Waals surface area contributed by atoms with Gasteiger partial charge in [-0.25, -0.2) is 4.98 Å². The standard InChI is InChI=1S/C14H14N2S2/c1-10-3-5-12(6-4-10)17-9-14-16-11(2)13(18-14)7-8-15/h3-6H,7,9H2,1-2H3. The molecule has 0 aliphatic rings. The summed E-state index contributed by atoms with van der Waals surface area (Å²) in [4.78, 5) is 6.86. The molecule has 2 rings (SSSR count). The lowest BCUT2D eigenvalue weighted by molar-refractivity contribution is 1.14. The van der Waals surface area contributed by atoms with E-state index in [1.54, 1.807) is 23.1 Å². The first kappa shape index (κ1) is 13.1. The summed E-state index contributed by atoms with van der Waals surface area (Å²) in [6, 6.07) is 10.7. The average molecular weight is 274 g/mol. The number of hydrogen-bond acceptors (Lipinski definition) is 4. The molecule has 0 fully saturated rings. The molecule has 2 nitrogen and oxygen atoms in total. The van der Waals surface area contributed by atoms with Gasteiger partial charge >= 0.3 is 0 Å². The van der Waals surface area contributed by atoms with Crippen molar-refractivity contribution in [1.82, 2.24) is 4.98 Å². The molecule has 0 bridgehead atoms. The van der Waals surface area contributed by atoms with Crippen LogP contribution < -0.4 is 0 Å². The SMILES string of the molecule is Cc1ccc(SCc2nc(C)c(CC#N)s2)cc1. The van der Waals surface area contributed by atoms with E-state index in [4.69, 9.17) is 5.26 Å². The first-order valence-corrected chi connectivity index (χ1v) is 7.51. The van der Waals surface area contributed by atoms with Crippen LogP contribution in [0.1, 0.15) is 21.1 Å². The van der Waals surface area contributed by atoms with E-state index in [1.165, 1.54) is 10.5 Å². The number of benzene rings is 1. The third kappa shape index (κ3) is 3.34. The zero-order valence-corrected chi connectivity index (χ0v) is 12.1. The van der Waals surface area contributed by atoms with E-state index in [1.807, 2.05) is 6.92 Å². The topological polar surface area (TPSA) is 36.7 Å². The summed E-state index contributed by atoms with van der Waals surface area (Å²) in [6.07, 6.45) is 0.471. The molecular weight excluding hydrogens is 260 g/mol. The summed E-state index contributed by atoms with van der Waals surface area (Å²) in [6.45, 7) is 4.07. The van der Waals surface area contributed by atoms with Crippen molar-refractivity contribution in [1.29, 1.82) is 5.26 Å². The number of aromatic nitrogens is 1. The summed E-state index contributed by atoms with van der Waals surface area (Å²) in [5.41, 5.74) is 2.28. The Morgan fingerprint density at radius 1 is 1.28 bits per heavy atom. The summed E-state index contributed by atoms with van der Waals surface area (Å²) in [7, 11) is 0. The monoisotopic (exact) mass is 274 g/mol. The van der Waals surface area contributed by atoms with Gasteiger partial charge in [-0.15, -0.1) is 23.1 Å². The van der Waals surface area contributed by atoms with E-state index in [-0.39, 0.29) is 0 Å². The quantitative estimate of drug-likeness (QED) is 0.787. The van der Waals surface area contributed by atoms with Gasteiger partial charge in [-0.3, -0.25) is 0 Å². The van der Waals surface area contributed by atoms with Gasteiger partial charge in [0.05, 0.1) is 23.9 Å². The highest BCUT2D eigenvalue weighted by molar-refractivity contribution is 7.98. The van der Waals surface area contributed by atoms with Gasteiger partial charge < -0.3 is 0 Å². The maximum atomic E-state index is 8.71. The fourth-order valence-electron chi connectivity index (χ4n) is 1.57. The van der Waals surface area contributed by atoms with Gasteiger partial charge in [-0.1, -0.05) is 17.7 Å². The van der Waals surface area contributed by atoms with Crippen LogP contribution in [0.4, 0.5) is 0 Å². The summed E-state index contributed by atoms with van der Waals surface area (Å²) in [5.74, 6) is 0.875. The van der Waals surface area contributed by atoms with Gasteiger partial charge in [0, 0.05) is 9.77 Å². The third-order valence-corrected chi connectivity index (χ3v) is 4.92. The van der Waals surface area contributed by atoms with Gasteiger partial charge in [0.15, 0.2) is 0 Å². The van der Waals surface area contributed by atoms with E-state index in [9.17, 15) is 0 Å². The molecule has 0 saturated heterocycles. The molecule has 1 aromatic carbocycles. The Hall–Kier alpha value is -1.31. The Bertz CT molecular complexity index is 564. The van der Waals surface area contributed by atoms with Crippen LogP contribution in [0, 0.1) is 25.2 Å². The Labute approximate surface area is 116 Å². The Kier molecular flexibility index (Phi) is 4.40. The third-order valence-electron chi connectivity index (χ3n) is 2.56. The molecule has 1 aromatic heterocycles. The van der Waals surface area contributed by atoms with Crippen molar-refractivity contribution < 1.29 is 0 Å². The van der Waals surface area contributed by atoms with Crippen molar-refractivity contribution in [3.8, 4) is 6.07 Å². The molecule has 0 aliphatic heterocycles. The molecular formula is C14H14N2S2. The second-order valence-electron chi connectivity index (χ2n) is 4.05. The van der Waals surface area contributed by atoms with Crippen molar-refractivity contribution in [2.24, 2.45) is 0 Å². The molecule has 0 saturated carbocycles. The second-order valence-corrected chi connectivity index (χ2v) is 6.27. The highest BCUT2D eigenvalue weighted by atomic mass is 32.2. The van der Waals surface area contributed by atoms with Crippen LogP contribution in [0.2, 0.25) is 0 Å². The van der Waals surface area contributed by atoms with Crippen LogP contribution in [0.15, 0.2) is 29.2 Å². The number of thioether (sulfide) groups is 1. The lowest BCUT2D eigenvalue weighted by Crippen LogP contribution is -1.81. The zero-order chi connectivity index (χ0) is 13.0. The molecule has 4 heteroatoms. The molecule has 0 aliphatic carbocycles. The molecule has 18 heavy (non-hydrogen) atoms. The first-order chi connectivity index (χ1) is 8.69. The van der Waals surface area contributed by atoms with Gasteiger partial charge in [-0.2, -0.15) is 5.26 Å². The van der Waals surface area contributed by atoms with Crippen molar-refractivity contribution in [3.63, 3.8) is 0 Å².